The number of ether oxygens (including phenoxy) is 2. The van der Waals surface area contributed by atoms with Gasteiger partial charge in [-0.3, -0.25) is 4.90 Å². The van der Waals surface area contributed by atoms with Gasteiger partial charge < -0.3 is 9.47 Å². The summed E-state index contributed by atoms with van der Waals surface area (Å²) in [6.45, 7) is 12.1. The quantitative estimate of drug-likeness (QED) is 0.832. The second kappa shape index (κ2) is 6.84. The van der Waals surface area contributed by atoms with E-state index in [1.54, 1.807) is 0 Å². The first-order valence-corrected chi connectivity index (χ1v) is 8.43. The van der Waals surface area contributed by atoms with Crippen molar-refractivity contribution in [3.8, 4) is 0 Å². The predicted molar refractivity (Wildman–Crippen MR) is 89.0 cm³/mol. The van der Waals surface area contributed by atoms with Crippen molar-refractivity contribution in [3.05, 3.63) is 46.7 Å². The summed E-state index contributed by atoms with van der Waals surface area (Å²) in [5.74, 6) is 2.20. The molecule has 0 unspecified atom stereocenters. The largest absolute Gasteiger partial charge is 0.498 e. The molecule has 3 nitrogen and oxygen atoms in total. The molecule has 0 saturated carbocycles. The topological polar surface area (TPSA) is 21.7 Å². The number of hydrogen-bond acceptors (Lipinski definition) is 3. The molecule has 0 radical (unpaired) electrons. The molecule has 1 fully saturated rings. The number of allylic oxidation sites excluding steroid dienone is 1. The fourth-order valence-electron chi connectivity index (χ4n) is 3.53. The van der Waals surface area contributed by atoms with E-state index >= 15 is 0 Å². The lowest BCUT2D eigenvalue weighted by Crippen LogP contribution is -2.42. The highest BCUT2D eigenvalue weighted by molar-refractivity contribution is 5.42. The number of benzene rings is 1. The monoisotopic (exact) mass is 301 g/mol. The van der Waals surface area contributed by atoms with Gasteiger partial charge in [-0.25, -0.2) is 0 Å². The Hall–Kier alpha value is -1.32. The molecule has 1 saturated heterocycles. The maximum absolute atomic E-state index is 6.02. The zero-order valence-corrected chi connectivity index (χ0v) is 14.0. The minimum atomic E-state index is 0.427. The Kier molecular flexibility index (Phi) is 4.84. The summed E-state index contributed by atoms with van der Waals surface area (Å²) in [6, 6.07) is 8.90. The normalized spacial score (nSPS) is 26.0. The first-order valence-electron chi connectivity index (χ1n) is 8.43. The standard InChI is InChI=1S/C19H27NO2/c1-4-22-19-17(13-20-9-11-21-12-10-20)15(3)18(19)16-7-5-14(2)6-8-16/h5-8,15,18H,4,9-13H2,1-3H3/t15-,18+/m1/s1. The van der Waals surface area contributed by atoms with Crippen LogP contribution in [0.15, 0.2) is 35.6 Å². The van der Waals surface area contributed by atoms with Crippen LogP contribution in [0.1, 0.15) is 30.9 Å². The molecule has 0 aromatic heterocycles. The summed E-state index contributed by atoms with van der Waals surface area (Å²) in [4.78, 5) is 2.49. The fraction of sp³-hybridized carbons (Fsp3) is 0.579. The van der Waals surface area contributed by atoms with E-state index in [9.17, 15) is 0 Å². The zero-order chi connectivity index (χ0) is 15.5. The number of rotatable bonds is 5. The molecule has 0 amide bonds. The first-order chi connectivity index (χ1) is 10.7. The van der Waals surface area contributed by atoms with Gasteiger partial charge in [0, 0.05) is 25.6 Å². The summed E-state index contributed by atoms with van der Waals surface area (Å²) < 4.78 is 11.5. The van der Waals surface area contributed by atoms with E-state index in [-0.39, 0.29) is 0 Å². The van der Waals surface area contributed by atoms with Crippen molar-refractivity contribution in [1.82, 2.24) is 4.90 Å². The molecular weight excluding hydrogens is 274 g/mol. The molecule has 1 aliphatic carbocycles. The van der Waals surface area contributed by atoms with Gasteiger partial charge in [-0.15, -0.1) is 0 Å². The molecule has 2 atom stereocenters. The van der Waals surface area contributed by atoms with Gasteiger partial charge in [-0.1, -0.05) is 36.8 Å². The molecule has 0 bridgehead atoms. The zero-order valence-electron chi connectivity index (χ0n) is 14.0. The van der Waals surface area contributed by atoms with E-state index in [0.29, 0.717) is 11.8 Å². The molecule has 1 aliphatic heterocycles. The van der Waals surface area contributed by atoms with Crippen molar-refractivity contribution in [1.29, 1.82) is 0 Å². The Bertz CT molecular complexity index is 529. The lowest BCUT2D eigenvalue weighted by Gasteiger charge is -2.42. The van der Waals surface area contributed by atoms with E-state index in [0.717, 1.165) is 39.5 Å². The van der Waals surface area contributed by atoms with Crippen LogP contribution in [0.5, 0.6) is 0 Å². The number of aryl methyl sites for hydroxylation is 1. The van der Waals surface area contributed by atoms with Crippen LogP contribution in [0.3, 0.4) is 0 Å². The number of nitrogens with zero attached hydrogens (tertiary/aromatic N) is 1. The minimum Gasteiger partial charge on any atom is -0.498 e. The second-order valence-corrected chi connectivity index (χ2v) is 6.39. The minimum absolute atomic E-state index is 0.427. The third-order valence-electron chi connectivity index (χ3n) is 4.88. The van der Waals surface area contributed by atoms with E-state index < -0.39 is 0 Å². The molecular formula is C19H27NO2. The van der Waals surface area contributed by atoms with Gasteiger partial charge in [0.25, 0.3) is 0 Å². The molecule has 0 spiro atoms. The Labute approximate surface area is 133 Å². The maximum Gasteiger partial charge on any atom is 0.105 e. The summed E-state index contributed by atoms with van der Waals surface area (Å²) in [5, 5.41) is 0. The molecule has 1 heterocycles. The average Bonchev–Trinajstić information content (AvgIpc) is 2.55. The van der Waals surface area contributed by atoms with Crippen LogP contribution in [-0.4, -0.2) is 44.4 Å². The average molecular weight is 301 g/mol. The fourth-order valence-corrected chi connectivity index (χ4v) is 3.53. The molecule has 22 heavy (non-hydrogen) atoms. The lowest BCUT2D eigenvalue weighted by atomic mass is 9.70. The summed E-state index contributed by atoms with van der Waals surface area (Å²) in [6.07, 6.45) is 0. The van der Waals surface area contributed by atoms with Gasteiger partial charge in [0.15, 0.2) is 0 Å². The van der Waals surface area contributed by atoms with Crippen molar-refractivity contribution in [2.75, 3.05) is 39.5 Å². The van der Waals surface area contributed by atoms with Crippen molar-refractivity contribution >= 4 is 0 Å². The Morgan fingerprint density at radius 3 is 2.50 bits per heavy atom. The van der Waals surface area contributed by atoms with E-state index in [1.165, 1.54) is 22.5 Å². The van der Waals surface area contributed by atoms with Crippen LogP contribution in [0.4, 0.5) is 0 Å². The smallest absolute Gasteiger partial charge is 0.105 e. The molecule has 1 aromatic rings. The van der Waals surface area contributed by atoms with E-state index in [1.807, 2.05) is 0 Å². The second-order valence-electron chi connectivity index (χ2n) is 6.39. The Balaban J connectivity index is 1.78. The lowest BCUT2D eigenvalue weighted by molar-refractivity contribution is 0.0378. The molecule has 3 heteroatoms. The Morgan fingerprint density at radius 2 is 1.86 bits per heavy atom. The summed E-state index contributed by atoms with van der Waals surface area (Å²) in [5.41, 5.74) is 4.17. The highest BCUT2D eigenvalue weighted by atomic mass is 16.5. The van der Waals surface area contributed by atoms with Gasteiger partial charge in [0.05, 0.1) is 19.8 Å². The van der Waals surface area contributed by atoms with Crippen LogP contribution in [0.25, 0.3) is 0 Å². The van der Waals surface area contributed by atoms with Gasteiger partial charge in [-0.2, -0.15) is 0 Å². The third kappa shape index (κ3) is 3.06. The van der Waals surface area contributed by atoms with Crippen LogP contribution < -0.4 is 0 Å². The predicted octanol–water partition coefficient (Wildman–Crippen LogP) is 3.35. The van der Waals surface area contributed by atoms with E-state index in [2.05, 4.69) is 49.9 Å². The van der Waals surface area contributed by atoms with Gasteiger partial charge >= 0.3 is 0 Å². The molecule has 2 aliphatic rings. The third-order valence-corrected chi connectivity index (χ3v) is 4.88. The molecule has 3 rings (SSSR count). The molecule has 0 N–H and O–H groups in total. The van der Waals surface area contributed by atoms with Crippen molar-refractivity contribution in [2.24, 2.45) is 5.92 Å². The highest BCUT2D eigenvalue weighted by Crippen LogP contribution is 2.48. The van der Waals surface area contributed by atoms with Crippen LogP contribution in [0.2, 0.25) is 0 Å². The van der Waals surface area contributed by atoms with Crippen LogP contribution in [-0.2, 0) is 9.47 Å². The number of morpholine rings is 1. The van der Waals surface area contributed by atoms with Gasteiger partial charge in [0.1, 0.15) is 5.76 Å². The first kappa shape index (κ1) is 15.6. The highest BCUT2D eigenvalue weighted by Gasteiger charge is 2.40. The summed E-state index contributed by atoms with van der Waals surface area (Å²) in [7, 11) is 0. The van der Waals surface area contributed by atoms with Crippen molar-refractivity contribution in [2.45, 2.75) is 26.7 Å². The van der Waals surface area contributed by atoms with Crippen LogP contribution in [0, 0.1) is 12.8 Å². The van der Waals surface area contributed by atoms with Gasteiger partial charge in [-0.05, 0) is 30.9 Å². The summed E-state index contributed by atoms with van der Waals surface area (Å²) >= 11 is 0. The molecule has 120 valence electrons. The van der Waals surface area contributed by atoms with Crippen LogP contribution >= 0.6 is 0 Å². The number of hydrogen-bond donors (Lipinski definition) is 0. The van der Waals surface area contributed by atoms with Crippen molar-refractivity contribution in [3.63, 3.8) is 0 Å². The molecule has 1 aromatic carbocycles. The maximum atomic E-state index is 6.02. The van der Waals surface area contributed by atoms with E-state index in [4.69, 9.17) is 9.47 Å². The SMILES string of the molecule is CCOC1=C(CN2CCOCC2)[C@@H](C)[C@H]1c1ccc(C)cc1. The van der Waals surface area contributed by atoms with Crippen molar-refractivity contribution < 1.29 is 9.47 Å². The Morgan fingerprint density at radius 1 is 1.18 bits per heavy atom. The van der Waals surface area contributed by atoms with Gasteiger partial charge in [0.2, 0.25) is 0 Å².